The van der Waals surface area contributed by atoms with Crippen LogP contribution in [0.25, 0.3) is 11.0 Å². The zero-order valence-corrected chi connectivity index (χ0v) is 17.0. The van der Waals surface area contributed by atoms with Crippen LogP contribution in [0.2, 0.25) is 0 Å². The molecule has 3 aromatic rings. The smallest absolute Gasteiger partial charge is 0.349 e. The van der Waals surface area contributed by atoms with Crippen molar-refractivity contribution in [2.75, 3.05) is 20.2 Å². The van der Waals surface area contributed by atoms with Crippen molar-refractivity contribution < 1.29 is 13.9 Å². The van der Waals surface area contributed by atoms with E-state index in [1.54, 1.807) is 24.3 Å². The first kappa shape index (κ1) is 20.6. The maximum Gasteiger partial charge on any atom is 0.349 e. The van der Waals surface area contributed by atoms with E-state index < -0.39 is 11.5 Å². The van der Waals surface area contributed by atoms with Crippen molar-refractivity contribution in [1.82, 2.24) is 10.2 Å². The van der Waals surface area contributed by atoms with Gasteiger partial charge < -0.3 is 14.5 Å². The third kappa shape index (κ3) is 4.66. The molecule has 6 nitrogen and oxygen atoms in total. The van der Waals surface area contributed by atoms with Gasteiger partial charge in [-0.05, 0) is 36.3 Å². The second-order valence-corrected chi connectivity index (χ2v) is 6.74. The number of rotatable bonds is 8. The topological polar surface area (TPSA) is 71.8 Å². The summed E-state index contributed by atoms with van der Waals surface area (Å²) in [6.07, 6.45) is 0. The van der Waals surface area contributed by atoms with Crippen LogP contribution in [-0.4, -0.2) is 31.0 Å². The number of nitrogens with one attached hydrogen (secondary N) is 1. The number of para-hydroxylation sites is 1. The molecule has 2 aromatic carbocycles. The lowest BCUT2D eigenvalue weighted by atomic mass is 10.1. The predicted octanol–water partition coefficient (Wildman–Crippen LogP) is 3.57. The van der Waals surface area contributed by atoms with Gasteiger partial charge in [0, 0.05) is 18.5 Å². The van der Waals surface area contributed by atoms with Crippen molar-refractivity contribution in [3.05, 3.63) is 75.6 Å². The Balaban J connectivity index is 1.80. The second kappa shape index (κ2) is 9.39. The minimum absolute atomic E-state index is 0.0213. The number of benzene rings is 2. The van der Waals surface area contributed by atoms with E-state index in [1.807, 2.05) is 18.2 Å². The molecule has 0 aliphatic rings. The lowest BCUT2D eigenvalue weighted by Crippen LogP contribution is -2.29. The molecule has 0 saturated carbocycles. The molecule has 1 N–H and O–H groups in total. The van der Waals surface area contributed by atoms with Gasteiger partial charge in [0.1, 0.15) is 5.56 Å². The van der Waals surface area contributed by atoms with Gasteiger partial charge >= 0.3 is 5.63 Å². The van der Waals surface area contributed by atoms with Gasteiger partial charge in [-0.25, -0.2) is 4.79 Å². The summed E-state index contributed by atoms with van der Waals surface area (Å²) in [7, 11) is 1.51. The number of ether oxygens (including phenoxy) is 1. The Morgan fingerprint density at radius 2 is 1.79 bits per heavy atom. The fourth-order valence-electron chi connectivity index (χ4n) is 3.28. The van der Waals surface area contributed by atoms with Crippen LogP contribution in [0.5, 0.6) is 5.75 Å². The summed E-state index contributed by atoms with van der Waals surface area (Å²) < 4.78 is 10.6. The van der Waals surface area contributed by atoms with E-state index in [1.165, 1.54) is 7.11 Å². The van der Waals surface area contributed by atoms with E-state index >= 15 is 0 Å². The van der Waals surface area contributed by atoms with Crippen molar-refractivity contribution in [1.29, 1.82) is 0 Å². The Morgan fingerprint density at radius 1 is 1.07 bits per heavy atom. The highest BCUT2D eigenvalue weighted by Gasteiger charge is 2.16. The van der Waals surface area contributed by atoms with Crippen LogP contribution in [-0.2, 0) is 13.1 Å². The quantitative estimate of drug-likeness (QED) is 0.592. The van der Waals surface area contributed by atoms with Crippen molar-refractivity contribution in [3.63, 3.8) is 0 Å². The van der Waals surface area contributed by atoms with Gasteiger partial charge in [-0.15, -0.1) is 0 Å². The number of carbonyl (C=O) groups is 1. The first-order valence-electron chi connectivity index (χ1n) is 9.75. The molecule has 0 aliphatic carbocycles. The van der Waals surface area contributed by atoms with Crippen LogP contribution >= 0.6 is 0 Å². The highest BCUT2D eigenvalue weighted by molar-refractivity contribution is 5.97. The lowest BCUT2D eigenvalue weighted by Gasteiger charge is -2.20. The zero-order chi connectivity index (χ0) is 20.8. The van der Waals surface area contributed by atoms with Gasteiger partial charge in [0.15, 0.2) is 11.3 Å². The first-order valence-corrected chi connectivity index (χ1v) is 9.75. The van der Waals surface area contributed by atoms with E-state index in [-0.39, 0.29) is 5.56 Å². The average Bonchev–Trinajstić information content (AvgIpc) is 2.75. The maximum absolute atomic E-state index is 12.7. The number of hydrogen-bond donors (Lipinski definition) is 1. The number of hydrogen-bond acceptors (Lipinski definition) is 5. The Labute approximate surface area is 170 Å². The van der Waals surface area contributed by atoms with Gasteiger partial charge in [0.2, 0.25) is 0 Å². The lowest BCUT2D eigenvalue weighted by molar-refractivity contribution is 0.0947. The van der Waals surface area contributed by atoms with E-state index in [4.69, 9.17) is 9.15 Å². The molecule has 0 radical (unpaired) electrons. The molecule has 3 rings (SSSR count). The van der Waals surface area contributed by atoms with Crippen LogP contribution in [0, 0.1) is 0 Å². The zero-order valence-electron chi connectivity index (χ0n) is 17.0. The van der Waals surface area contributed by atoms with Gasteiger partial charge in [-0.1, -0.05) is 50.2 Å². The highest BCUT2D eigenvalue weighted by Crippen LogP contribution is 2.24. The highest BCUT2D eigenvalue weighted by atomic mass is 16.5. The molecule has 0 fully saturated rings. The number of nitrogens with zero attached hydrogens (tertiary/aromatic N) is 1. The van der Waals surface area contributed by atoms with Gasteiger partial charge in [0.05, 0.1) is 7.11 Å². The number of fused-ring (bicyclic) bond motifs is 1. The molecule has 6 heteroatoms. The van der Waals surface area contributed by atoms with Crippen LogP contribution in [0.1, 0.15) is 35.3 Å². The van der Waals surface area contributed by atoms with Crippen molar-refractivity contribution in [3.8, 4) is 5.75 Å². The summed E-state index contributed by atoms with van der Waals surface area (Å²) >= 11 is 0. The number of amides is 1. The van der Waals surface area contributed by atoms with Crippen molar-refractivity contribution in [2.24, 2.45) is 0 Å². The largest absolute Gasteiger partial charge is 0.493 e. The van der Waals surface area contributed by atoms with Crippen LogP contribution in [0.4, 0.5) is 0 Å². The van der Waals surface area contributed by atoms with Crippen molar-refractivity contribution in [2.45, 2.75) is 26.9 Å². The molecular formula is C23H26N2O4. The van der Waals surface area contributed by atoms with Gasteiger partial charge in [-0.2, -0.15) is 0 Å². The molecule has 0 aliphatic heterocycles. The van der Waals surface area contributed by atoms with E-state index in [0.717, 1.165) is 30.8 Å². The molecule has 0 saturated heterocycles. The summed E-state index contributed by atoms with van der Waals surface area (Å²) in [4.78, 5) is 27.3. The van der Waals surface area contributed by atoms with Crippen LogP contribution in [0.15, 0.2) is 57.7 Å². The maximum atomic E-state index is 12.7. The molecule has 29 heavy (non-hydrogen) atoms. The summed E-state index contributed by atoms with van der Waals surface area (Å²) in [6.45, 7) is 7.32. The molecule has 0 spiro atoms. The average molecular weight is 394 g/mol. The first-order chi connectivity index (χ1) is 14.1. The summed E-state index contributed by atoms with van der Waals surface area (Å²) in [5, 5.41) is 3.49. The Kier molecular flexibility index (Phi) is 6.67. The second-order valence-electron chi connectivity index (χ2n) is 6.74. The molecule has 1 heterocycles. The standard InChI is InChI=1S/C23H26N2O4/c1-4-25(5-2)15-18-10-7-6-9-17(18)14-24-22(26)19-13-16-11-8-12-20(28-3)21(16)29-23(19)27/h6-13H,4-5,14-15H2,1-3H3,(H,24,26). The van der Waals surface area contributed by atoms with E-state index in [0.29, 0.717) is 23.3 Å². The van der Waals surface area contributed by atoms with Crippen LogP contribution in [0.3, 0.4) is 0 Å². The van der Waals surface area contributed by atoms with Crippen molar-refractivity contribution >= 4 is 16.9 Å². The Morgan fingerprint density at radius 3 is 2.48 bits per heavy atom. The predicted molar refractivity (Wildman–Crippen MR) is 113 cm³/mol. The third-order valence-corrected chi connectivity index (χ3v) is 5.03. The minimum atomic E-state index is -0.684. The monoisotopic (exact) mass is 394 g/mol. The van der Waals surface area contributed by atoms with Gasteiger partial charge in [-0.3, -0.25) is 9.69 Å². The van der Waals surface area contributed by atoms with E-state index in [2.05, 4.69) is 30.1 Å². The fourth-order valence-corrected chi connectivity index (χ4v) is 3.28. The summed E-state index contributed by atoms with van der Waals surface area (Å²) in [5.41, 5.74) is 1.82. The molecule has 1 amide bonds. The van der Waals surface area contributed by atoms with E-state index in [9.17, 15) is 9.59 Å². The molecular weight excluding hydrogens is 368 g/mol. The summed E-state index contributed by atoms with van der Waals surface area (Å²) in [6, 6.07) is 14.8. The summed E-state index contributed by atoms with van der Waals surface area (Å²) in [5.74, 6) is -0.00185. The number of carbonyl (C=O) groups excluding carboxylic acids is 1. The Bertz CT molecular complexity index is 1050. The number of methoxy groups -OCH3 is 1. The Hall–Kier alpha value is -3.12. The molecule has 1 aromatic heterocycles. The minimum Gasteiger partial charge on any atom is -0.493 e. The SMILES string of the molecule is CCN(CC)Cc1ccccc1CNC(=O)c1cc2cccc(OC)c2oc1=O. The molecule has 152 valence electrons. The van der Waals surface area contributed by atoms with Gasteiger partial charge in [0.25, 0.3) is 5.91 Å². The fraction of sp³-hybridized carbons (Fsp3) is 0.304. The van der Waals surface area contributed by atoms with Crippen LogP contribution < -0.4 is 15.7 Å². The molecule has 0 unspecified atom stereocenters. The molecule has 0 atom stereocenters. The molecule has 0 bridgehead atoms. The third-order valence-electron chi connectivity index (χ3n) is 5.03. The normalized spacial score (nSPS) is 11.0.